The molecule has 3 N–H and O–H groups in total. The lowest BCUT2D eigenvalue weighted by Gasteiger charge is -2.23. The second kappa shape index (κ2) is 7.22. The number of amides is 2. The minimum atomic E-state index is -1.10. The van der Waals surface area contributed by atoms with Gasteiger partial charge in [0, 0.05) is 11.4 Å². The molecular formula is C12H16N2O5S. The summed E-state index contributed by atoms with van der Waals surface area (Å²) >= 11 is 1.28. The number of hydrogen-bond donors (Lipinski definition) is 3. The van der Waals surface area contributed by atoms with E-state index in [-0.39, 0.29) is 12.6 Å². The molecule has 0 spiro atoms. The molecule has 8 heteroatoms. The van der Waals surface area contributed by atoms with Crippen molar-refractivity contribution in [3.8, 4) is 0 Å². The Hall–Kier alpha value is -1.64. The third-order valence-electron chi connectivity index (χ3n) is 2.73. The summed E-state index contributed by atoms with van der Waals surface area (Å²) in [5.41, 5.74) is 0. The molecule has 2 heterocycles. The van der Waals surface area contributed by atoms with E-state index in [2.05, 4.69) is 10.6 Å². The number of hydrogen-bond acceptors (Lipinski definition) is 5. The first-order valence-electron chi connectivity index (χ1n) is 6.16. The van der Waals surface area contributed by atoms with Crippen molar-refractivity contribution in [3.63, 3.8) is 0 Å². The fourth-order valence-electron chi connectivity index (χ4n) is 1.75. The number of aliphatic carboxylic acids is 1. The summed E-state index contributed by atoms with van der Waals surface area (Å²) < 4.78 is 10.6. The molecule has 2 rings (SSSR count). The summed E-state index contributed by atoms with van der Waals surface area (Å²) in [6.45, 7) is 1.76. The predicted octanol–water partition coefficient (Wildman–Crippen LogP) is 0.588. The standard InChI is InChI=1S/C12H16N2O5S/c15-11(16)10(9-2-1-5-20-9)14-12(17)13-6-8-7-18-3-4-19-8/h1-2,5,8,10H,3-4,6-7H2,(H,15,16)(H2,13,14,17). The Morgan fingerprint density at radius 1 is 1.50 bits per heavy atom. The SMILES string of the molecule is O=C(NCC1COCCO1)NC(C(=O)O)c1cccs1. The Morgan fingerprint density at radius 3 is 2.95 bits per heavy atom. The lowest BCUT2D eigenvalue weighted by Crippen LogP contribution is -2.45. The molecular weight excluding hydrogens is 284 g/mol. The maximum absolute atomic E-state index is 11.7. The summed E-state index contributed by atoms with van der Waals surface area (Å²) in [4.78, 5) is 23.5. The molecule has 20 heavy (non-hydrogen) atoms. The number of thiophene rings is 1. The molecule has 0 aliphatic carbocycles. The van der Waals surface area contributed by atoms with Crippen LogP contribution in [-0.4, -0.2) is 49.6 Å². The van der Waals surface area contributed by atoms with Gasteiger partial charge in [0.05, 0.1) is 25.9 Å². The molecule has 2 amide bonds. The molecule has 1 fully saturated rings. The average molecular weight is 300 g/mol. The molecule has 1 aromatic heterocycles. The zero-order chi connectivity index (χ0) is 14.4. The number of carbonyl (C=O) groups is 2. The van der Waals surface area contributed by atoms with Crippen molar-refractivity contribution in [2.24, 2.45) is 0 Å². The minimum absolute atomic E-state index is 0.195. The van der Waals surface area contributed by atoms with E-state index < -0.39 is 18.0 Å². The maximum Gasteiger partial charge on any atom is 0.331 e. The van der Waals surface area contributed by atoms with Crippen LogP contribution in [0.15, 0.2) is 17.5 Å². The summed E-state index contributed by atoms with van der Waals surface area (Å²) in [6, 6.07) is 1.82. The van der Waals surface area contributed by atoms with Gasteiger partial charge in [-0.15, -0.1) is 11.3 Å². The number of carboxylic acid groups (broad SMARTS) is 1. The van der Waals surface area contributed by atoms with Crippen molar-refractivity contribution < 1.29 is 24.2 Å². The number of urea groups is 1. The van der Waals surface area contributed by atoms with E-state index >= 15 is 0 Å². The summed E-state index contributed by atoms with van der Waals surface area (Å²) in [5, 5.41) is 15.9. The Bertz CT molecular complexity index is 445. The Balaban J connectivity index is 1.81. The number of carboxylic acids is 1. The quantitative estimate of drug-likeness (QED) is 0.739. The highest BCUT2D eigenvalue weighted by Crippen LogP contribution is 2.18. The van der Waals surface area contributed by atoms with Crippen LogP contribution in [0.1, 0.15) is 10.9 Å². The predicted molar refractivity (Wildman–Crippen MR) is 71.8 cm³/mol. The first kappa shape index (κ1) is 14.8. The van der Waals surface area contributed by atoms with E-state index in [9.17, 15) is 9.59 Å². The second-order valence-electron chi connectivity index (χ2n) is 4.21. The molecule has 7 nitrogen and oxygen atoms in total. The van der Waals surface area contributed by atoms with Crippen LogP contribution in [-0.2, 0) is 14.3 Å². The number of carbonyl (C=O) groups excluding carboxylic acids is 1. The van der Waals surface area contributed by atoms with E-state index in [1.807, 2.05) is 0 Å². The normalized spacial score (nSPS) is 20.1. The summed E-state index contributed by atoms with van der Waals surface area (Å²) in [7, 11) is 0. The van der Waals surface area contributed by atoms with E-state index in [0.717, 1.165) is 0 Å². The molecule has 2 unspecified atom stereocenters. The highest BCUT2D eigenvalue weighted by molar-refractivity contribution is 7.10. The van der Waals surface area contributed by atoms with E-state index in [1.54, 1.807) is 17.5 Å². The minimum Gasteiger partial charge on any atom is -0.479 e. The molecule has 0 saturated carbocycles. The molecule has 1 aromatic rings. The maximum atomic E-state index is 11.7. The topological polar surface area (TPSA) is 96.9 Å². The molecule has 110 valence electrons. The zero-order valence-electron chi connectivity index (χ0n) is 10.7. The van der Waals surface area contributed by atoms with Crippen molar-refractivity contribution in [2.75, 3.05) is 26.4 Å². The van der Waals surface area contributed by atoms with Crippen LogP contribution >= 0.6 is 11.3 Å². The second-order valence-corrected chi connectivity index (χ2v) is 5.19. The van der Waals surface area contributed by atoms with Gasteiger partial charge in [0.2, 0.25) is 0 Å². The van der Waals surface area contributed by atoms with Crippen LogP contribution in [0.5, 0.6) is 0 Å². The van der Waals surface area contributed by atoms with Crippen molar-refractivity contribution in [2.45, 2.75) is 12.1 Å². The van der Waals surface area contributed by atoms with Gasteiger partial charge < -0.3 is 25.2 Å². The van der Waals surface area contributed by atoms with Gasteiger partial charge in [0.25, 0.3) is 0 Å². The van der Waals surface area contributed by atoms with Gasteiger partial charge in [-0.2, -0.15) is 0 Å². The van der Waals surface area contributed by atoms with Crippen LogP contribution in [0.25, 0.3) is 0 Å². The molecule has 0 bridgehead atoms. The van der Waals surface area contributed by atoms with E-state index in [0.29, 0.717) is 24.7 Å². The average Bonchev–Trinajstić information content (AvgIpc) is 2.97. The largest absolute Gasteiger partial charge is 0.479 e. The first-order chi connectivity index (χ1) is 9.66. The molecule has 1 aliphatic heterocycles. The number of rotatable bonds is 5. The van der Waals surface area contributed by atoms with Crippen molar-refractivity contribution in [1.29, 1.82) is 0 Å². The van der Waals surface area contributed by atoms with Gasteiger partial charge in [-0.3, -0.25) is 0 Å². The Morgan fingerprint density at radius 2 is 2.35 bits per heavy atom. The number of ether oxygens (including phenoxy) is 2. The van der Waals surface area contributed by atoms with Crippen molar-refractivity contribution in [1.82, 2.24) is 10.6 Å². The lowest BCUT2D eigenvalue weighted by molar-refractivity contribution is -0.139. The molecule has 2 atom stereocenters. The van der Waals surface area contributed by atoms with Crippen LogP contribution in [0, 0.1) is 0 Å². The highest BCUT2D eigenvalue weighted by atomic mass is 32.1. The van der Waals surface area contributed by atoms with Gasteiger partial charge in [-0.1, -0.05) is 6.07 Å². The monoisotopic (exact) mass is 300 g/mol. The number of nitrogens with one attached hydrogen (secondary N) is 2. The fourth-order valence-corrected chi connectivity index (χ4v) is 2.52. The van der Waals surface area contributed by atoms with Crippen LogP contribution in [0.3, 0.4) is 0 Å². The van der Waals surface area contributed by atoms with Gasteiger partial charge in [-0.05, 0) is 11.4 Å². The van der Waals surface area contributed by atoms with Crippen LogP contribution < -0.4 is 10.6 Å². The third-order valence-corrected chi connectivity index (χ3v) is 3.66. The molecule has 0 radical (unpaired) electrons. The summed E-state index contributed by atoms with van der Waals surface area (Å²) in [5.74, 6) is -1.10. The van der Waals surface area contributed by atoms with Crippen LogP contribution in [0.2, 0.25) is 0 Å². The van der Waals surface area contributed by atoms with E-state index in [4.69, 9.17) is 14.6 Å². The zero-order valence-corrected chi connectivity index (χ0v) is 11.5. The van der Waals surface area contributed by atoms with Crippen molar-refractivity contribution in [3.05, 3.63) is 22.4 Å². The third kappa shape index (κ3) is 4.19. The smallest absolute Gasteiger partial charge is 0.331 e. The highest BCUT2D eigenvalue weighted by Gasteiger charge is 2.23. The van der Waals surface area contributed by atoms with Crippen LogP contribution in [0.4, 0.5) is 4.79 Å². The van der Waals surface area contributed by atoms with Gasteiger partial charge in [0.1, 0.15) is 0 Å². The first-order valence-corrected chi connectivity index (χ1v) is 7.04. The molecule has 1 saturated heterocycles. The Labute approximate surface area is 119 Å². The van der Waals surface area contributed by atoms with E-state index in [1.165, 1.54) is 11.3 Å². The van der Waals surface area contributed by atoms with Crippen molar-refractivity contribution >= 4 is 23.3 Å². The van der Waals surface area contributed by atoms with Gasteiger partial charge in [0.15, 0.2) is 6.04 Å². The fraction of sp³-hybridized carbons (Fsp3) is 0.500. The summed E-state index contributed by atoms with van der Waals surface area (Å²) in [6.07, 6.45) is -0.195. The molecule has 1 aliphatic rings. The molecule has 0 aromatic carbocycles. The van der Waals surface area contributed by atoms with Gasteiger partial charge >= 0.3 is 12.0 Å². The lowest BCUT2D eigenvalue weighted by atomic mass is 10.2. The Kier molecular flexibility index (Phi) is 5.33. The van der Waals surface area contributed by atoms with Gasteiger partial charge in [-0.25, -0.2) is 9.59 Å².